The third kappa shape index (κ3) is 5.01. The molecule has 1 amide bonds. The second kappa shape index (κ2) is 7.12. The molecule has 0 aliphatic rings. The van der Waals surface area contributed by atoms with E-state index in [0.29, 0.717) is 11.4 Å². The highest BCUT2D eigenvalue weighted by molar-refractivity contribution is 9.10. The minimum absolute atomic E-state index is 0. The van der Waals surface area contributed by atoms with Crippen LogP contribution in [0, 0.1) is 5.41 Å². The zero-order chi connectivity index (χ0) is 13.9. The number of nitrogens with two attached hydrogens (primary N) is 1. The molecule has 1 aromatic carbocycles. The van der Waals surface area contributed by atoms with Crippen LogP contribution in [0.3, 0.4) is 0 Å². The van der Waals surface area contributed by atoms with Crippen molar-refractivity contribution in [1.29, 1.82) is 0 Å². The lowest BCUT2D eigenvalue weighted by Crippen LogP contribution is -2.45. The maximum Gasteiger partial charge on any atom is 0.241 e. The molecular formula is C13H20BrClN2O2. The van der Waals surface area contributed by atoms with E-state index in [1.54, 1.807) is 19.2 Å². The second-order valence-corrected chi connectivity index (χ2v) is 6.04. The minimum atomic E-state index is -0.563. The smallest absolute Gasteiger partial charge is 0.241 e. The van der Waals surface area contributed by atoms with Crippen LogP contribution in [-0.4, -0.2) is 19.1 Å². The van der Waals surface area contributed by atoms with Gasteiger partial charge < -0.3 is 15.8 Å². The molecule has 4 nitrogen and oxygen atoms in total. The Morgan fingerprint density at radius 2 is 2.00 bits per heavy atom. The normalized spacial score (nSPS) is 12.3. The van der Waals surface area contributed by atoms with Gasteiger partial charge in [0.1, 0.15) is 5.75 Å². The number of hydrogen-bond acceptors (Lipinski definition) is 3. The van der Waals surface area contributed by atoms with Crippen molar-refractivity contribution in [3.8, 4) is 5.75 Å². The Bertz CT molecular complexity index is 447. The Morgan fingerprint density at radius 1 is 1.42 bits per heavy atom. The van der Waals surface area contributed by atoms with Crippen LogP contribution in [0.4, 0.5) is 5.69 Å². The summed E-state index contributed by atoms with van der Waals surface area (Å²) in [6.07, 6.45) is 0. The number of halogens is 2. The van der Waals surface area contributed by atoms with E-state index in [4.69, 9.17) is 10.5 Å². The summed E-state index contributed by atoms with van der Waals surface area (Å²) >= 11 is 3.36. The van der Waals surface area contributed by atoms with Crippen LogP contribution in [0.5, 0.6) is 5.75 Å². The molecule has 3 N–H and O–H groups in total. The number of carbonyl (C=O) groups is 1. The summed E-state index contributed by atoms with van der Waals surface area (Å²) in [5, 5.41) is 2.79. The number of hydrogen-bond donors (Lipinski definition) is 2. The zero-order valence-electron chi connectivity index (χ0n) is 11.5. The van der Waals surface area contributed by atoms with Gasteiger partial charge in [-0.05, 0) is 33.5 Å². The third-order valence-electron chi connectivity index (χ3n) is 2.63. The fourth-order valence-electron chi connectivity index (χ4n) is 1.35. The summed E-state index contributed by atoms with van der Waals surface area (Å²) in [5.41, 5.74) is 6.28. The second-order valence-electron chi connectivity index (χ2n) is 5.18. The summed E-state index contributed by atoms with van der Waals surface area (Å²) in [6.45, 7) is 5.79. The van der Waals surface area contributed by atoms with Gasteiger partial charge in [0.2, 0.25) is 5.91 Å². The van der Waals surface area contributed by atoms with Gasteiger partial charge in [-0.25, -0.2) is 0 Å². The largest absolute Gasteiger partial charge is 0.495 e. The molecule has 1 atom stereocenters. The molecule has 0 spiro atoms. The molecule has 1 aromatic rings. The maximum atomic E-state index is 12.0. The molecule has 1 rings (SSSR count). The van der Waals surface area contributed by atoms with E-state index < -0.39 is 6.04 Å². The number of amides is 1. The Labute approximate surface area is 128 Å². The fraction of sp³-hybridized carbons (Fsp3) is 0.462. The lowest BCUT2D eigenvalue weighted by atomic mass is 9.87. The zero-order valence-corrected chi connectivity index (χ0v) is 13.9. The van der Waals surface area contributed by atoms with Crippen LogP contribution < -0.4 is 15.8 Å². The van der Waals surface area contributed by atoms with Gasteiger partial charge in [-0.2, -0.15) is 0 Å². The molecule has 0 heterocycles. The van der Waals surface area contributed by atoms with Crippen LogP contribution in [0.15, 0.2) is 22.7 Å². The molecule has 19 heavy (non-hydrogen) atoms. The van der Waals surface area contributed by atoms with E-state index in [1.165, 1.54) is 0 Å². The van der Waals surface area contributed by atoms with Gasteiger partial charge in [0.05, 0.1) is 17.6 Å². The van der Waals surface area contributed by atoms with Crippen molar-refractivity contribution in [3.05, 3.63) is 22.7 Å². The molecule has 0 fully saturated rings. The number of methoxy groups -OCH3 is 1. The summed E-state index contributed by atoms with van der Waals surface area (Å²) in [4.78, 5) is 12.0. The van der Waals surface area contributed by atoms with E-state index in [-0.39, 0.29) is 23.7 Å². The quantitative estimate of drug-likeness (QED) is 0.879. The molecule has 6 heteroatoms. The maximum absolute atomic E-state index is 12.0. The SMILES string of the molecule is COc1cc(NC(=O)[C@@H](N)C(C)(C)C)ccc1Br.Cl. The Morgan fingerprint density at radius 3 is 2.47 bits per heavy atom. The molecule has 0 radical (unpaired) electrons. The van der Waals surface area contributed by atoms with E-state index in [9.17, 15) is 4.79 Å². The fourth-order valence-corrected chi connectivity index (χ4v) is 1.76. The van der Waals surface area contributed by atoms with Gasteiger partial charge in [0.15, 0.2) is 0 Å². The van der Waals surface area contributed by atoms with Crippen molar-refractivity contribution in [2.24, 2.45) is 11.1 Å². The number of ether oxygens (including phenoxy) is 1. The predicted molar refractivity (Wildman–Crippen MR) is 84.0 cm³/mol. The van der Waals surface area contributed by atoms with Gasteiger partial charge in [0.25, 0.3) is 0 Å². The molecule has 0 aromatic heterocycles. The van der Waals surface area contributed by atoms with Crippen molar-refractivity contribution in [3.63, 3.8) is 0 Å². The van der Waals surface area contributed by atoms with Gasteiger partial charge >= 0.3 is 0 Å². The van der Waals surface area contributed by atoms with E-state index in [2.05, 4.69) is 21.2 Å². The van der Waals surface area contributed by atoms with Crippen molar-refractivity contribution in [2.45, 2.75) is 26.8 Å². The van der Waals surface area contributed by atoms with E-state index in [1.807, 2.05) is 26.8 Å². The topological polar surface area (TPSA) is 64.3 Å². The first kappa shape index (κ1) is 18.2. The molecule has 0 aliphatic heterocycles. The Kier molecular flexibility index (Phi) is 6.83. The van der Waals surface area contributed by atoms with Crippen LogP contribution in [0.25, 0.3) is 0 Å². The highest BCUT2D eigenvalue weighted by Crippen LogP contribution is 2.28. The summed E-state index contributed by atoms with van der Waals surface area (Å²) in [6, 6.07) is 4.79. The van der Waals surface area contributed by atoms with Crippen molar-refractivity contribution in [2.75, 3.05) is 12.4 Å². The summed E-state index contributed by atoms with van der Waals surface area (Å²) < 4.78 is 6.00. The van der Waals surface area contributed by atoms with Gasteiger partial charge in [0, 0.05) is 11.8 Å². The Balaban J connectivity index is 0.00000324. The van der Waals surface area contributed by atoms with Crippen molar-refractivity contribution >= 4 is 39.9 Å². The van der Waals surface area contributed by atoms with Crippen molar-refractivity contribution in [1.82, 2.24) is 0 Å². The average Bonchev–Trinajstić information content (AvgIpc) is 2.29. The number of benzene rings is 1. The number of nitrogens with one attached hydrogen (secondary N) is 1. The molecule has 108 valence electrons. The van der Waals surface area contributed by atoms with Crippen LogP contribution >= 0.6 is 28.3 Å². The van der Waals surface area contributed by atoms with Crippen molar-refractivity contribution < 1.29 is 9.53 Å². The molecule has 0 bridgehead atoms. The number of rotatable bonds is 3. The Hall–Kier alpha value is -0.780. The van der Waals surface area contributed by atoms with Crippen LogP contribution in [0.2, 0.25) is 0 Å². The summed E-state index contributed by atoms with van der Waals surface area (Å²) in [7, 11) is 1.58. The van der Waals surface area contributed by atoms with E-state index >= 15 is 0 Å². The molecule has 0 unspecified atom stereocenters. The first-order valence-corrected chi connectivity index (χ1v) is 6.45. The highest BCUT2D eigenvalue weighted by Gasteiger charge is 2.27. The standard InChI is InChI=1S/C13H19BrN2O2.ClH/c1-13(2,3)11(15)12(17)16-8-5-6-9(14)10(7-8)18-4;/h5-7,11H,15H2,1-4H3,(H,16,17);1H/t11-;/m1./s1. The van der Waals surface area contributed by atoms with Gasteiger partial charge in [-0.15, -0.1) is 12.4 Å². The predicted octanol–water partition coefficient (Wildman–Crippen LogP) is 3.19. The van der Waals surface area contributed by atoms with E-state index in [0.717, 1.165) is 4.47 Å². The van der Waals surface area contributed by atoms with Gasteiger partial charge in [-0.3, -0.25) is 4.79 Å². The van der Waals surface area contributed by atoms with Crippen LogP contribution in [-0.2, 0) is 4.79 Å². The lowest BCUT2D eigenvalue weighted by Gasteiger charge is -2.25. The summed E-state index contributed by atoms with van der Waals surface area (Å²) in [5.74, 6) is 0.462. The molecular weight excluding hydrogens is 332 g/mol. The monoisotopic (exact) mass is 350 g/mol. The van der Waals surface area contributed by atoms with Gasteiger partial charge in [-0.1, -0.05) is 20.8 Å². The average molecular weight is 352 g/mol. The first-order chi connectivity index (χ1) is 8.25. The molecule has 0 saturated carbocycles. The van der Waals surface area contributed by atoms with Crippen LogP contribution in [0.1, 0.15) is 20.8 Å². The highest BCUT2D eigenvalue weighted by atomic mass is 79.9. The first-order valence-electron chi connectivity index (χ1n) is 5.65. The lowest BCUT2D eigenvalue weighted by molar-refractivity contribution is -0.119. The number of anilines is 1. The molecule has 0 aliphatic carbocycles. The molecule has 0 saturated heterocycles. The third-order valence-corrected chi connectivity index (χ3v) is 3.29. The minimum Gasteiger partial charge on any atom is -0.495 e. The number of carbonyl (C=O) groups excluding carboxylic acids is 1.